The van der Waals surface area contributed by atoms with Gasteiger partial charge in [0.15, 0.2) is 0 Å². The van der Waals surface area contributed by atoms with Crippen LogP contribution in [-0.4, -0.2) is 59.3 Å². The summed E-state index contributed by atoms with van der Waals surface area (Å²) in [5.74, 6) is 2.25. The topological polar surface area (TPSA) is 49.8 Å². The van der Waals surface area contributed by atoms with Crippen molar-refractivity contribution in [1.29, 1.82) is 0 Å². The normalized spacial score (nSPS) is 33.1. The molecule has 1 heterocycles. The summed E-state index contributed by atoms with van der Waals surface area (Å²) in [6, 6.07) is 0. The van der Waals surface area contributed by atoms with Crippen molar-refractivity contribution < 1.29 is 14.6 Å². The number of thioether (sulfide) groups is 1. The first-order valence-electron chi connectivity index (χ1n) is 7.32. The fraction of sp³-hybridized carbons (Fsp3) is 0.929. The van der Waals surface area contributed by atoms with Crippen LogP contribution in [0.25, 0.3) is 0 Å². The molecule has 19 heavy (non-hydrogen) atoms. The maximum Gasteiger partial charge on any atom is 0.308 e. The Balaban J connectivity index is 1.78. The van der Waals surface area contributed by atoms with Crippen LogP contribution in [0, 0.1) is 5.92 Å². The van der Waals surface area contributed by atoms with Gasteiger partial charge in [-0.15, -0.1) is 0 Å². The number of aliphatic hydroxyl groups is 1. The highest BCUT2D eigenvalue weighted by Gasteiger charge is 2.37. The van der Waals surface area contributed by atoms with E-state index in [1.165, 1.54) is 11.5 Å². The van der Waals surface area contributed by atoms with E-state index in [0.717, 1.165) is 45.3 Å². The van der Waals surface area contributed by atoms with E-state index in [2.05, 4.69) is 4.90 Å². The van der Waals surface area contributed by atoms with Crippen LogP contribution in [0.3, 0.4) is 0 Å². The highest BCUT2D eigenvalue weighted by atomic mass is 32.2. The first-order chi connectivity index (χ1) is 9.13. The van der Waals surface area contributed by atoms with Gasteiger partial charge in [0.05, 0.1) is 18.1 Å². The van der Waals surface area contributed by atoms with Crippen molar-refractivity contribution in [2.24, 2.45) is 5.92 Å². The van der Waals surface area contributed by atoms with E-state index >= 15 is 0 Å². The van der Waals surface area contributed by atoms with Crippen LogP contribution in [0.2, 0.25) is 0 Å². The minimum Gasteiger partial charge on any atom is -0.466 e. The third-order valence-electron chi connectivity index (χ3n) is 4.16. The van der Waals surface area contributed by atoms with E-state index in [4.69, 9.17) is 4.74 Å². The minimum absolute atomic E-state index is 0.00265. The zero-order chi connectivity index (χ0) is 13.7. The molecule has 0 amide bonds. The number of ether oxygens (including phenoxy) is 1. The molecule has 0 radical (unpaired) electrons. The lowest BCUT2D eigenvalue weighted by Gasteiger charge is -2.39. The molecule has 2 fully saturated rings. The lowest BCUT2D eigenvalue weighted by atomic mass is 9.78. The minimum atomic E-state index is -0.592. The SMILES string of the molecule is CCOC(=O)C1CCC(O)(CN2CCSCC2)CC1. The van der Waals surface area contributed by atoms with Gasteiger partial charge in [0.1, 0.15) is 0 Å². The molecule has 5 heteroatoms. The number of hydrogen-bond acceptors (Lipinski definition) is 5. The summed E-state index contributed by atoms with van der Waals surface area (Å²) in [7, 11) is 0. The van der Waals surface area contributed by atoms with E-state index in [1.807, 2.05) is 18.7 Å². The summed E-state index contributed by atoms with van der Waals surface area (Å²) in [6.45, 7) is 5.21. The van der Waals surface area contributed by atoms with Gasteiger partial charge in [0.2, 0.25) is 0 Å². The average Bonchev–Trinajstić information content (AvgIpc) is 2.40. The number of carbonyl (C=O) groups excluding carboxylic acids is 1. The second kappa shape index (κ2) is 6.95. The molecule has 110 valence electrons. The van der Waals surface area contributed by atoms with Gasteiger partial charge in [-0.05, 0) is 32.6 Å². The number of rotatable bonds is 4. The van der Waals surface area contributed by atoms with Crippen LogP contribution < -0.4 is 0 Å². The van der Waals surface area contributed by atoms with Gasteiger partial charge in [0.25, 0.3) is 0 Å². The zero-order valence-electron chi connectivity index (χ0n) is 11.8. The quantitative estimate of drug-likeness (QED) is 0.795. The third kappa shape index (κ3) is 4.36. The van der Waals surface area contributed by atoms with Crippen LogP contribution in [0.5, 0.6) is 0 Å². The molecular formula is C14H25NO3S. The van der Waals surface area contributed by atoms with Gasteiger partial charge in [-0.3, -0.25) is 9.69 Å². The molecule has 1 aliphatic carbocycles. The van der Waals surface area contributed by atoms with Gasteiger partial charge in [-0.1, -0.05) is 0 Å². The summed E-state index contributed by atoms with van der Waals surface area (Å²) in [4.78, 5) is 14.0. The van der Waals surface area contributed by atoms with Crippen LogP contribution in [-0.2, 0) is 9.53 Å². The van der Waals surface area contributed by atoms with Gasteiger partial charge in [-0.2, -0.15) is 11.8 Å². The zero-order valence-corrected chi connectivity index (χ0v) is 12.6. The van der Waals surface area contributed by atoms with Crippen molar-refractivity contribution in [3.05, 3.63) is 0 Å². The largest absolute Gasteiger partial charge is 0.466 e. The molecule has 1 N–H and O–H groups in total. The van der Waals surface area contributed by atoms with Crippen molar-refractivity contribution >= 4 is 17.7 Å². The van der Waals surface area contributed by atoms with Gasteiger partial charge in [0, 0.05) is 31.1 Å². The van der Waals surface area contributed by atoms with Gasteiger partial charge < -0.3 is 9.84 Å². The van der Waals surface area contributed by atoms with Crippen LogP contribution in [0.4, 0.5) is 0 Å². The van der Waals surface area contributed by atoms with Crippen molar-refractivity contribution in [3.63, 3.8) is 0 Å². The molecule has 0 atom stereocenters. The first-order valence-corrected chi connectivity index (χ1v) is 8.47. The van der Waals surface area contributed by atoms with Crippen LogP contribution in [0.1, 0.15) is 32.6 Å². The molecule has 0 aromatic heterocycles. The summed E-state index contributed by atoms with van der Waals surface area (Å²) in [5, 5.41) is 10.7. The summed E-state index contributed by atoms with van der Waals surface area (Å²) < 4.78 is 5.07. The highest BCUT2D eigenvalue weighted by molar-refractivity contribution is 7.99. The summed E-state index contributed by atoms with van der Waals surface area (Å²) >= 11 is 1.98. The lowest BCUT2D eigenvalue weighted by Crippen LogP contribution is -2.48. The Hall–Kier alpha value is -0.260. The molecule has 2 rings (SSSR count). The Labute approximate surface area is 119 Å². The second-order valence-corrected chi connectivity index (χ2v) is 6.86. The van der Waals surface area contributed by atoms with Crippen LogP contribution >= 0.6 is 11.8 Å². The standard InChI is InChI=1S/C14H25NO3S/c1-2-18-13(16)12-3-5-14(17,6-4-12)11-15-7-9-19-10-8-15/h12,17H,2-11H2,1H3. The fourth-order valence-electron chi connectivity index (χ4n) is 2.98. The van der Waals surface area contributed by atoms with E-state index in [-0.39, 0.29) is 11.9 Å². The van der Waals surface area contributed by atoms with Gasteiger partial charge >= 0.3 is 5.97 Å². The Bertz CT molecular complexity index is 297. The molecule has 1 aliphatic heterocycles. The molecule has 0 aromatic rings. The number of hydrogen-bond donors (Lipinski definition) is 1. The third-order valence-corrected chi connectivity index (χ3v) is 5.10. The molecular weight excluding hydrogens is 262 g/mol. The van der Waals surface area contributed by atoms with Crippen molar-refractivity contribution in [3.8, 4) is 0 Å². The Morgan fingerprint density at radius 1 is 1.37 bits per heavy atom. The van der Waals surface area contributed by atoms with Gasteiger partial charge in [-0.25, -0.2) is 0 Å². The molecule has 1 saturated heterocycles. The van der Waals surface area contributed by atoms with Crippen molar-refractivity contribution in [2.75, 3.05) is 37.7 Å². The molecule has 2 aliphatic rings. The molecule has 4 nitrogen and oxygen atoms in total. The number of carbonyl (C=O) groups is 1. The van der Waals surface area contributed by atoms with Crippen LogP contribution in [0.15, 0.2) is 0 Å². The fourth-order valence-corrected chi connectivity index (χ4v) is 3.96. The second-order valence-electron chi connectivity index (χ2n) is 5.64. The molecule has 0 bridgehead atoms. The summed E-state index contributed by atoms with van der Waals surface area (Å²) in [6.07, 6.45) is 2.97. The Kier molecular flexibility index (Phi) is 5.54. The summed E-state index contributed by atoms with van der Waals surface area (Å²) in [5.41, 5.74) is -0.592. The number of nitrogens with zero attached hydrogens (tertiary/aromatic N) is 1. The smallest absolute Gasteiger partial charge is 0.308 e. The first kappa shape index (κ1) is 15.1. The lowest BCUT2D eigenvalue weighted by molar-refractivity contribution is -0.151. The highest BCUT2D eigenvalue weighted by Crippen LogP contribution is 2.33. The molecule has 1 saturated carbocycles. The van der Waals surface area contributed by atoms with E-state index in [1.54, 1.807) is 0 Å². The van der Waals surface area contributed by atoms with E-state index in [9.17, 15) is 9.90 Å². The monoisotopic (exact) mass is 287 g/mol. The van der Waals surface area contributed by atoms with Crippen molar-refractivity contribution in [2.45, 2.75) is 38.2 Å². The maximum absolute atomic E-state index is 11.7. The maximum atomic E-state index is 11.7. The Morgan fingerprint density at radius 3 is 2.58 bits per heavy atom. The average molecular weight is 287 g/mol. The van der Waals surface area contributed by atoms with Crippen molar-refractivity contribution in [1.82, 2.24) is 4.90 Å². The number of esters is 1. The van der Waals surface area contributed by atoms with E-state index < -0.39 is 5.60 Å². The predicted molar refractivity (Wildman–Crippen MR) is 77.3 cm³/mol. The van der Waals surface area contributed by atoms with E-state index in [0.29, 0.717) is 6.61 Å². The Morgan fingerprint density at radius 2 is 2.00 bits per heavy atom. The molecule has 0 aromatic carbocycles. The molecule has 0 unspecified atom stereocenters. The number of β-amino-alcohol motifs (C(OH)–C–C–N with tert-alkyl or cyclic N) is 1. The molecule has 0 spiro atoms. The predicted octanol–water partition coefficient (Wildman–Crippen LogP) is 1.52.